The number of hydrogen-bond acceptors (Lipinski definition) is 13. The molecule has 12 nitrogen and oxygen atoms in total. The quantitative estimate of drug-likeness (QED) is 0.0682. The summed E-state index contributed by atoms with van der Waals surface area (Å²) >= 11 is 8.81. The summed E-state index contributed by atoms with van der Waals surface area (Å²) in [7, 11) is 0. The summed E-state index contributed by atoms with van der Waals surface area (Å²) in [6, 6.07) is 16.9. The molecule has 0 unspecified atom stereocenters. The minimum absolute atomic E-state index is 0.0141. The van der Waals surface area contributed by atoms with Crippen LogP contribution in [0.3, 0.4) is 0 Å². The molecule has 0 aliphatic heterocycles. The van der Waals surface area contributed by atoms with Crippen molar-refractivity contribution >= 4 is 52.4 Å². The number of nitrogen functional groups attached to an aromatic ring is 1. The van der Waals surface area contributed by atoms with Crippen molar-refractivity contribution in [3.8, 4) is 39.6 Å². The number of esters is 1. The first-order valence-electron chi connectivity index (χ1n) is 15.3. The molecule has 49 heavy (non-hydrogen) atoms. The molecule has 4 aromatic rings. The van der Waals surface area contributed by atoms with Gasteiger partial charge in [0.15, 0.2) is 0 Å². The molecule has 4 rings (SSSR count). The van der Waals surface area contributed by atoms with E-state index in [-0.39, 0.29) is 30.2 Å². The van der Waals surface area contributed by atoms with Crippen molar-refractivity contribution in [3.05, 3.63) is 75.8 Å². The van der Waals surface area contributed by atoms with Gasteiger partial charge in [-0.25, -0.2) is 14.8 Å². The van der Waals surface area contributed by atoms with E-state index in [1.165, 1.54) is 30.0 Å². The van der Waals surface area contributed by atoms with E-state index >= 15 is 0 Å². The Balaban J connectivity index is 1.36. The Morgan fingerprint density at radius 1 is 1.02 bits per heavy atom. The second-order valence-corrected chi connectivity index (χ2v) is 13.0. The van der Waals surface area contributed by atoms with Crippen LogP contribution in [0.15, 0.2) is 58.9 Å². The predicted molar refractivity (Wildman–Crippen MR) is 191 cm³/mol. The molecule has 0 spiro atoms. The number of pyridine rings is 1. The highest BCUT2D eigenvalue weighted by molar-refractivity contribution is 7.98. The molecule has 1 amide bonds. The van der Waals surface area contributed by atoms with Crippen molar-refractivity contribution < 1.29 is 19.1 Å². The number of carbonyl (C=O) groups is 2. The van der Waals surface area contributed by atoms with Gasteiger partial charge in [-0.3, -0.25) is 4.79 Å². The zero-order valence-electron chi connectivity index (χ0n) is 26.6. The molecule has 2 aromatic carbocycles. The number of benzene rings is 2. The van der Waals surface area contributed by atoms with Gasteiger partial charge in [0.05, 0.1) is 17.3 Å². The van der Waals surface area contributed by atoms with Gasteiger partial charge in [0, 0.05) is 27.3 Å². The number of halogens is 1. The lowest BCUT2D eigenvalue weighted by Crippen LogP contribution is -2.47. The van der Waals surface area contributed by atoms with Crippen molar-refractivity contribution in [1.82, 2.24) is 15.3 Å². The van der Waals surface area contributed by atoms with Gasteiger partial charge in [-0.15, -0.1) is 11.3 Å². The lowest BCUT2D eigenvalue weighted by atomic mass is 9.97. The third-order valence-electron chi connectivity index (χ3n) is 7.17. The molecular formula is C34H35ClN8O4S2. The summed E-state index contributed by atoms with van der Waals surface area (Å²) in [4.78, 5) is 33.6. The van der Waals surface area contributed by atoms with Crippen molar-refractivity contribution in [3.63, 3.8) is 0 Å². The molecule has 0 bridgehead atoms. The minimum atomic E-state index is -0.875. The molecule has 0 radical (unpaired) electrons. The second kappa shape index (κ2) is 18.2. The van der Waals surface area contributed by atoms with Crippen molar-refractivity contribution in [2.45, 2.75) is 49.0 Å². The number of carbonyl (C=O) groups excluding carboxylic acids is 2. The van der Waals surface area contributed by atoms with Crippen molar-refractivity contribution in [2.75, 3.05) is 25.5 Å². The standard InChI is InChI=1S/C34H35ClN8O4S2/c1-20(41-31(44)28(39)4-2-3-13-36)34(45)47-15-14-46-25-11-7-21(8-12-25)29-26(16-37)30(40)43-33(27(29)17-38)49-19-24-18-48-32(42-24)22-5-9-23(35)10-6-22/h5-12,18,20,28H,2-4,13-15,19,36,39H2,1H3,(H2,40,43)(H,41,44)/t20-,28+/m1/s1. The summed E-state index contributed by atoms with van der Waals surface area (Å²) in [6.45, 7) is 2.04. The Labute approximate surface area is 297 Å². The van der Waals surface area contributed by atoms with Gasteiger partial charge >= 0.3 is 5.97 Å². The van der Waals surface area contributed by atoms with Gasteiger partial charge in [-0.1, -0.05) is 54.0 Å². The number of nitriles is 2. The van der Waals surface area contributed by atoms with Crippen LogP contribution in [0.2, 0.25) is 5.02 Å². The molecule has 2 aromatic heterocycles. The fourth-order valence-corrected chi connectivity index (χ4v) is 6.54. The first-order valence-corrected chi connectivity index (χ1v) is 17.5. The lowest BCUT2D eigenvalue weighted by Gasteiger charge is -2.17. The zero-order valence-corrected chi connectivity index (χ0v) is 29.0. The van der Waals surface area contributed by atoms with Gasteiger partial charge in [0.25, 0.3) is 0 Å². The van der Waals surface area contributed by atoms with E-state index < -0.39 is 24.0 Å². The summed E-state index contributed by atoms with van der Waals surface area (Å²) in [6.07, 6.45) is 1.96. The molecule has 2 heterocycles. The van der Waals surface area contributed by atoms with Crippen molar-refractivity contribution in [1.29, 1.82) is 10.5 Å². The van der Waals surface area contributed by atoms with E-state index in [0.717, 1.165) is 29.1 Å². The third kappa shape index (κ3) is 10.2. The molecule has 0 aliphatic rings. The maximum Gasteiger partial charge on any atom is 0.328 e. The van der Waals surface area contributed by atoms with Crippen LogP contribution in [0.25, 0.3) is 21.7 Å². The molecule has 15 heteroatoms. The fourth-order valence-electron chi connectivity index (χ4n) is 4.60. The van der Waals surface area contributed by atoms with Crippen molar-refractivity contribution in [2.24, 2.45) is 11.5 Å². The summed E-state index contributed by atoms with van der Waals surface area (Å²) in [5.74, 6) is -0.127. The van der Waals surface area contributed by atoms with E-state index in [9.17, 15) is 20.1 Å². The largest absolute Gasteiger partial charge is 0.490 e. The number of aromatic nitrogens is 2. The first kappa shape index (κ1) is 37.1. The molecule has 254 valence electrons. The highest BCUT2D eigenvalue weighted by Crippen LogP contribution is 2.37. The number of nitrogens with zero attached hydrogens (tertiary/aromatic N) is 4. The minimum Gasteiger partial charge on any atom is -0.490 e. The molecule has 0 saturated carbocycles. The topological polar surface area (TPSA) is 216 Å². The second-order valence-electron chi connectivity index (χ2n) is 10.8. The number of amides is 1. The molecule has 7 N–H and O–H groups in total. The Hall–Kier alpha value is -4.70. The molecule has 0 saturated heterocycles. The van der Waals surface area contributed by atoms with Gasteiger partial charge < -0.3 is 32.0 Å². The average Bonchev–Trinajstić information content (AvgIpc) is 3.58. The maximum absolute atomic E-state index is 12.3. The van der Waals surface area contributed by atoms with Crippen LogP contribution in [0.1, 0.15) is 43.0 Å². The number of anilines is 1. The summed E-state index contributed by atoms with van der Waals surface area (Å²) in [5.41, 5.74) is 20.6. The lowest BCUT2D eigenvalue weighted by molar-refractivity contribution is -0.148. The van der Waals surface area contributed by atoms with Crippen LogP contribution in [-0.2, 0) is 20.1 Å². The van der Waals surface area contributed by atoms with Crippen LogP contribution >= 0.6 is 34.7 Å². The third-order valence-corrected chi connectivity index (χ3v) is 9.37. The highest BCUT2D eigenvalue weighted by atomic mass is 35.5. The van der Waals surface area contributed by atoms with Crippen LogP contribution < -0.4 is 27.3 Å². The molecule has 0 aliphatic carbocycles. The first-order chi connectivity index (χ1) is 23.6. The average molecular weight is 719 g/mol. The molecular weight excluding hydrogens is 684 g/mol. The van der Waals surface area contributed by atoms with Crippen LogP contribution in [0.4, 0.5) is 5.82 Å². The Morgan fingerprint density at radius 2 is 1.71 bits per heavy atom. The number of rotatable bonds is 16. The molecule has 2 atom stereocenters. The number of thioether (sulfide) groups is 1. The molecule has 0 fully saturated rings. The number of ether oxygens (including phenoxy) is 2. The van der Waals surface area contributed by atoms with Gasteiger partial charge in [0.1, 0.15) is 58.6 Å². The number of nitrogens with two attached hydrogens (primary N) is 3. The van der Waals surface area contributed by atoms with Gasteiger partial charge in [-0.2, -0.15) is 10.5 Å². The van der Waals surface area contributed by atoms with Gasteiger partial charge in [-0.05, 0) is 56.1 Å². The normalized spacial score (nSPS) is 12.0. The SMILES string of the molecule is C[C@@H](NC(=O)[C@@H](N)CCCCN)C(=O)OCCOc1ccc(-c2c(C#N)c(N)nc(SCc3csc(-c4ccc(Cl)cc4)n3)c2C#N)cc1. The number of unbranched alkanes of at least 4 members (excludes halogenated alkanes) is 1. The Kier molecular flexibility index (Phi) is 13.8. The van der Waals surface area contributed by atoms with E-state index in [2.05, 4.69) is 22.4 Å². The highest BCUT2D eigenvalue weighted by Gasteiger charge is 2.22. The number of thiazole rings is 1. The predicted octanol–water partition coefficient (Wildman–Crippen LogP) is 5.03. The van der Waals surface area contributed by atoms with Gasteiger partial charge in [0.2, 0.25) is 5.91 Å². The van der Waals surface area contributed by atoms with Crippen LogP contribution in [0.5, 0.6) is 5.75 Å². The van der Waals surface area contributed by atoms with Crippen LogP contribution in [-0.4, -0.2) is 53.7 Å². The number of hydrogen-bond donors (Lipinski definition) is 4. The number of nitrogens with one attached hydrogen (secondary N) is 1. The Bertz CT molecular complexity index is 1840. The van der Waals surface area contributed by atoms with Crippen LogP contribution in [0, 0.1) is 22.7 Å². The van der Waals surface area contributed by atoms with E-state index in [1.807, 2.05) is 29.6 Å². The zero-order chi connectivity index (χ0) is 35.3. The Morgan fingerprint density at radius 3 is 2.39 bits per heavy atom. The fraction of sp³-hybridized carbons (Fsp3) is 0.294. The smallest absolute Gasteiger partial charge is 0.328 e. The van der Waals surface area contributed by atoms with E-state index in [4.69, 9.17) is 43.3 Å². The summed E-state index contributed by atoms with van der Waals surface area (Å²) < 4.78 is 10.9. The van der Waals surface area contributed by atoms with E-state index in [1.54, 1.807) is 24.3 Å². The van der Waals surface area contributed by atoms with E-state index in [0.29, 0.717) is 45.6 Å². The maximum atomic E-state index is 12.3. The summed E-state index contributed by atoms with van der Waals surface area (Å²) in [5, 5.41) is 26.4. The monoisotopic (exact) mass is 718 g/mol.